The zero-order valence-electron chi connectivity index (χ0n) is 14.1. The van der Waals surface area contributed by atoms with Gasteiger partial charge in [0.1, 0.15) is 0 Å². The van der Waals surface area contributed by atoms with E-state index in [0.717, 1.165) is 18.7 Å². The molecule has 0 atom stereocenters. The molecule has 0 spiro atoms. The lowest BCUT2D eigenvalue weighted by Crippen LogP contribution is -2.50. The van der Waals surface area contributed by atoms with Crippen LogP contribution in [0, 0.1) is 6.92 Å². The van der Waals surface area contributed by atoms with Crippen LogP contribution in [0.2, 0.25) is 0 Å². The van der Waals surface area contributed by atoms with Gasteiger partial charge in [0, 0.05) is 52.2 Å². The van der Waals surface area contributed by atoms with Gasteiger partial charge < -0.3 is 10.6 Å². The topological polar surface area (TPSA) is 95.7 Å². The van der Waals surface area contributed by atoms with Crippen LogP contribution in [0.5, 0.6) is 0 Å². The SMILES string of the molecule is Cc1ccc(S(=O)(=O)NCCN2CCN(C(=O)CCN)CC2)cc1. The number of carbonyl (C=O) groups excluding carboxylic acids is 1. The summed E-state index contributed by atoms with van der Waals surface area (Å²) in [6.07, 6.45) is 0.385. The molecule has 0 aromatic heterocycles. The molecule has 7 nitrogen and oxygen atoms in total. The second kappa shape index (κ2) is 8.57. The van der Waals surface area contributed by atoms with Crippen molar-refractivity contribution in [1.82, 2.24) is 14.5 Å². The Morgan fingerprint density at radius 2 is 1.79 bits per heavy atom. The summed E-state index contributed by atoms with van der Waals surface area (Å²) in [6.45, 7) is 6.12. The van der Waals surface area contributed by atoms with Crippen molar-refractivity contribution in [2.75, 3.05) is 45.8 Å². The molecule has 0 radical (unpaired) electrons. The van der Waals surface area contributed by atoms with Crippen LogP contribution in [0.1, 0.15) is 12.0 Å². The highest BCUT2D eigenvalue weighted by Crippen LogP contribution is 2.09. The van der Waals surface area contributed by atoms with Gasteiger partial charge in [0.25, 0.3) is 0 Å². The summed E-state index contributed by atoms with van der Waals surface area (Å²) in [5.41, 5.74) is 6.43. The van der Waals surface area contributed by atoms with Gasteiger partial charge in [-0.05, 0) is 19.1 Å². The molecule has 0 aliphatic carbocycles. The quantitative estimate of drug-likeness (QED) is 0.705. The molecule has 1 fully saturated rings. The van der Waals surface area contributed by atoms with Crippen molar-refractivity contribution in [2.24, 2.45) is 5.73 Å². The van der Waals surface area contributed by atoms with Crippen LogP contribution in [0.15, 0.2) is 29.2 Å². The number of piperazine rings is 1. The van der Waals surface area contributed by atoms with E-state index in [1.54, 1.807) is 24.3 Å². The average Bonchev–Trinajstić information content (AvgIpc) is 2.56. The third-order valence-electron chi connectivity index (χ3n) is 4.13. The second-order valence-corrected chi connectivity index (χ2v) is 7.74. The summed E-state index contributed by atoms with van der Waals surface area (Å²) >= 11 is 0. The third kappa shape index (κ3) is 5.27. The van der Waals surface area contributed by atoms with Crippen LogP contribution in [0.25, 0.3) is 0 Å². The largest absolute Gasteiger partial charge is 0.340 e. The number of benzene rings is 1. The van der Waals surface area contributed by atoms with Crippen molar-refractivity contribution < 1.29 is 13.2 Å². The maximum absolute atomic E-state index is 12.2. The van der Waals surface area contributed by atoms with Crippen LogP contribution in [-0.4, -0.2) is 69.9 Å². The minimum absolute atomic E-state index is 0.0947. The molecule has 0 saturated carbocycles. The minimum Gasteiger partial charge on any atom is -0.340 e. The van der Waals surface area contributed by atoms with Gasteiger partial charge in [0.05, 0.1) is 4.90 Å². The molecular formula is C16H26N4O3S. The summed E-state index contributed by atoms with van der Waals surface area (Å²) < 4.78 is 27.0. The Balaban J connectivity index is 1.75. The molecule has 0 bridgehead atoms. The van der Waals surface area contributed by atoms with Crippen LogP contribution in [0.4, 0.5) is 0 Å². The number of hydrogen-bond donors (Lipinski definition) is 2. The zero-order chi connectivity index (χ0) is 17.6. The lowest BCUT2D eigenvalue weighted by Gasteiger charge is -2.34. The van der Waals surface area contributed by atoms with Crippen LogP contribution < -0.4 is 10.5 Å². The molecule has 1 aliphatic rings. The van der Waals surface area contributed by atoms with E-state index in [1.807, 2.05) is 11.8 Å². The van der Waals surface area contributed by atoms with Crippen LogP contribution >= 0.6 is 0 Å². The Morgan fingerprint density at radius 1 is 1.17 bits per heavy atom. The number of hydrogen-bond acceptors (Lipinski definition) is 5. The van der Waals surface area contributed by atoms with E-state index in [0.29, 0.717) is 39.1 Å². The second-order valence-electron chi connectivity index (χ2n) is 5.97. The molecule has 134 valence electrons. The van der Waals surface area contributed by atoms with Crippen molar-refractivity contribution >= 4 is 15.9 Å². The van der Waals surface area contributed by atoms with Gasteiger partial charge in [0.15, 0.2) is 0 Å². The first kappa shape index (κ1) is 18.9. The summed E-state index contributed by atoms with van der Waals surface area (Å²) in [4.78, 5) is 16.0. The summed E-state index contributed by atoms with van der Waals surface area (Å²) in [6, 6.07) is 6.79. The predicted octanol–water partition coefficient (Wildman–Crippen LogP) is -0.234. The molecule has 24 heavy (non-hydrogen) atoms. The number of carbonyl (C=O) groups is 1. The Labute approximate surface area is 143 Å². The smallest absolute Gasteiger partial charge is 0.240 e. The summed E-state index contributed by atoms with van der Waals surface area (Å²) in [5.74, 6) is 0.0947. The molecule has 1 saturated heterocycles. The fourth-order valence-corrected chi connectivity index (χ4v) is 3.66. The Morgan fingerprint density at radius 3 is 2.38 bits per heavy atom. The Kier molecular flexibility index (Phi) is 6.73. The first-order valence-corrected chi connectivity index (χ1v) is 9.67. The highest BCUT2D eigenvalue weighted by molar-refractivity contribution is 7.89. The van der Waals surface area contributed by atoms with E-state index in [2.05, 4.69) is 9.62 Å². The maximum atomic E-state index is 12.2. The molecule has 0 unspecified atom stereocenters. The molecule has 8 heteroatoms. The van der Waals surface area contributed by atoms with E-state index in [1.165, 1.54) is 0 Å². The molecule has 1 heterocycles. The number of nitrogens with two attached hydrogens (primary N) is 1. The standard InChI is InChI=1S/C16H26N4O3S/c1-14-2-4-15(5-3-14)24(22,23)18-8-9-19-10-12-20(13-11-19)16(21)6-7-17/h2-5,18H,6-13,17H2,1H3. The van der Waals surface area contributed by atoms with Gasteiger partial charge >= 0.3 is 0 Å². The van der Waals surface area contributed by atoms with Crippen LogP contribution in [-0.2, 0) is 14.8 Å². The maximum Gasteiger partial charge on any atom is 0.240 e. The lowest BCUT2D eigenvalue weighted by atomic mass is 10.2. The Bertz CT molecular complexity index is 638. The molecule has 1 aromatic carbocycles. The first-order chi connectivity index (χ1) is 11.4. The van der Waals surface area contributed by atoms with Crippen molar-refractivity contribution in [2.45, 2.75) is 18.2 Å². The number of sulfonamides is 1. The normalized spacial score (nSPS) is 16.3. The van der Waals surface area contributed by atoms with E-state index in [4.69, 9.17) is 5.73 Å². The molecule has 1 aromatic rings. The van der Waals surface area contributed by atoms with Gasteiger partial charge in [-0.25, -0.2) is 13.1 Å². The van der Waals surface area contributed by atoms with Gasteiger partial charge in [-0.3, -0.25) is 9.69 Å². The van der Waals surface area contributed by atoms with E-state index in [9.17, 15) is 13.2 Å². The number of nitrogens with zero attached hydrogens (tertiary/aromatic N) is 2. The minimum atomic E-state index is -3.46. The molecule has 1 aliphatic heterocycles. The molecule has 3 N–H and O–H groups in total. The fourth-order valence-electron chi connectivity index (χ4n) is 2.64. The van der Waals surface area contributed by atoms with E-state index in [-0.39, 0.29) is 10.8 Å². The highest BCUT2D eigenvalue weighted by Gasteiger charge is 2.21. The predicted molar refractivity (Wildman–Crippen MR) is 93.1 cm³/mol. The van der Waals surface area contributed by atoms with Crippen molar-refractivity contribution in [1.29, 1.82) is 0 Å². The van der Waals surface area contributed by atoms with Crippen molar-refractivity contribution in [3.05, 3.63) is 29.8 Å². The van der Waals surface area contributed by atoms with Crippen molar-refractivity contribution in [3.63, 3.8) is 0 Å². The van der Waals surface area contributed by atoms with Gasteiger partial charge in [-0.15, -0.1) is 0 Å². The molecule has 2 rings (SSSR count). The number of aryl methyl sites for hydroxylation is 1. The van der Waals surface area contributed by atoms with Crippen LogP contribution in [0.3, 0.4) is 0 Å². The fraction of sp³-hybridized carbons (Fsp3) is 0.562. The van der Waals surface area contributed by atoms with Gasteiger partial charge in [0.2, 0.25) is 15.9 Å². The summed E-state index contributed by atoms with van der Waals surface area (Å²) in [7, 11) is -3.46. The summed E-state index contributed by atoms with van der Waals surface area (Å²) in [5, 5.41) is 0. The average molecular weight is 354 g/mol. The highest BCUT2D eigenvalue weighted by atomic mass is 32.2. The third-order valence-corrected chi connectivity index (χ3v) is 5.61. The van der Waals surface area contributed by atoms with Gasteiger partial charge in [-0.2, -0.15) is 0 Å². The van der Waals surface area contributed by atoms with Crippen molar-refractivity contribution in [3.8, 4) is 0 Å². The molecular weight excluding hydrogens is 328 g/mol. The monoisotopic (exact) mass is 354 g/mol. The van der Waals surface area contributed by atoms with Gasteiger partial charge in [-0.1, -0.05) is 17.7 Å². The number of amides is 1. The molecule has 1 amide bonds. The zero-order valence-corrected chi connectivity index (χ0v) is 14.9. The van der Waals surface area contributed by atoms with E-state index >= 15 is 0 Å². The first-order valence-electron chi connectivity index (χ1n) is 8.19. The number of nitrogens with one attached hydrogen (secondary N) is 1. The van der Waals surface area contributed by atoms with E-state index < -0.39 is 10.0 Å². The lowest BCUT2D eigenvalue weighted by molar-refractivity contribution is -0.132. The Hall–Kier alpha value is -1.48. The number of rotatable bonds is 7.